The third-order valence-electron chi connectivity index (χ3n) is 3.57. The Labute approximate surface area is 147 Å². The second kappa shape index (κ2) is 8.53. The molecule has 0 aliphatic rings. The molecule has 0 fully saturated rings. The number of benzene rings is 2. The van der Waals surface area contributed by atoms with Crippen molar-refractivity contribution in [2.45, 2.75) is 30.6 Å². The fourth-order valence-corrected chi connectivity index (χ4v) is 3.37. The monoisotopic (exact) mass is 429 g/mol. The lowest BCUT2D eigenvalue weighted by Gasteiger charge is -2.14. The van der Waals surface area contributed by atoms with E-state index in [1.165, 1.54) is 5.56 Å². The van der Waals surface area contributed by atoms with Gasteiger partial charge in [0.05, 0.1) is 5.69 Å². The number of thiol groups is 1. The lowest BCUT2D eigenvalue weighted by atomic mass is 9.97. The molecule has 0 amide bonds. The van der Waals surface area contributed by atoms with Crippen LogP contribution in [0.3, 0.4) is 0 Å². The fourth-order valence-electron chi connectivity index (χ4n) is 2.41. The summed E-state index contributed by atoms with van der Waals surface area (Å²) in [7, 11) is -2.68. The van der Waals surface area contributed by atoms with Crippen molar-refractivity contribution in [3.63, 3.8) is 0 Å². The highest BCUT2D eigenvalue weighted by Gasteiger charge is 2.10. The fraction of sp³-hybridized carbons (Fsp3) is 0.294. The first-order valence-corrected chi connectivity index (χ1v) is 10.0. The number of alkyl halides is 1. The molecule has 0 saturated heterocycles. The lowest BCUT2D eigenvalue weighted by Crippen LogP contribution is -2.02. The van der Waals surface area contributed by atoms with Gasteiger partial charge in [-0.3, -0.25) is 4.72 Å². The molecule has 0 unspecified atom stereocenters. The molecule has 22 heavy (non-hydrogen) atoms. The molecular formula is C17H20INO2S. The molecule has 0 spiro atoms. The van der Waals surface area contributed by atoms with Crippen LogP contribution >= 0.6 is 22.6 Å². The molecule has 0 radical (unpaired) electrons. The minimum Gasteiger partial charge on any atom is -0.285 e. The zero-order valence-corrected chi connectivity index (χ0v) is 15.6. The maximum atomic E-state index is 11.2. The van der Waals surface area contributed by atoms with Gasteiger partial charge in [-0.15, -0.1) is 0 Å². The predicted molar refractivity (Wildman–Crippen MR) is 102 cm³/mol. The van der Waals surface area contributed by atoms with Crippen LogP contribution in [-0.4, -0.2) is 8.42 Å². The zero-order chi connectivity index (χ0) is 15.9. The van der Waals surface area contributed by atoms with E-state index in [-0.39, 0.29) is 0 Å². The van der Waals surface area contributed by atoms with Gasteiger partial charge >= 0.3 is 0 Å². The van der Waals surface area contributed by atoms with Crippen molar-refractivity contribution in [3.8, 4) is 11.1 Å². The van der Waals surface area contributed by atoms with Crippen LogP contribution < -0.4 is 4.72 Å². The lowest BCUT2D eigenvalue weighted by molar-refractivity contribution is 0.619. The van der Waals surface area contributed by atoms with Crippen molar-refractivity contribution >= 4 is 39.2 Å². The van der Waals surface area contributed by atoms with Gasteiger partial charge in [0, 0.05) is 9.99 Å². The molecule has 0 heterocycles. The third kappa shape index (κ3) is 4.46. The van der Waals surface area contributed by atoms with E-state index in [1.54, 1.807) is 0 Å². The van der Waals surface area contributed by atoms with Crippen LogP contribution in [0.25, 0.3) is 11.1 Å². The maximum Gasteiger partial charge on any atom is 0.222 e. The summed E-state index contributed by atoms with van der Waals surface area (Å²) in [5.41, 5.74) is 5.00. The number of halogens is 1. The molecule has 0 bridgehead atoms. The van der Waals surface area contributed by atoms with E-state index in [2.05, 4.69) is 58.5 Å². The molecule has 5 heteroatoms. The van der Waals surface area contributed by atoms with Gasteiger partial charge in [-0.05, 0) is 29.5 Å². The Morgan fingerprint density at radius 2 is 1.82 bits per heavy atom. The van der Waals surface area contributed by atoms with Crippen LogP contribution in [0.1, 0.15) is 30.9 Å². The average Bonchev–Trinajstić information content (AvgIpc) is 2.53. The summed E-state index contributed by atoms with van der Waals surface area (Å²) in [5.74, 6) is 0. The van der Waals surface area contributed by atoms with E-state index in [9.17, 15) is 8.42 Å². The van der Waals surface area contributed by atoms with Gasteiger partial charge in [-0.25, -0.2) is 8.42 Å². The van der Waals surface area contributed by atoms with E-state index in [0.717, 1.165) is 40.4 Å². The molecule has 2 aromatic rings. The second-order valence-corrected chi connectivity index (χ2v) is 6.64. The number of unbranched alkanes of at least 4 members (excludes halogenated alkanes) is 1. The summed E-state index contributed by atoms with van der Waals surface area (Å²) < 4.78 is 26.0. The van der Waals surface area contributed by atoms with Crippen LogP contribution in [0, 0.1) is 0 Å². The number of para-hydroxylation sites is 1. The highest BCUT2D eigenvalue weighted by molar-refractivity contribution is 14.1. The molecule has 3 nitrogen and oxygen atoms in total. The highest BCUT2D eigenvalue weighted by Crippen LogP contribution is 2.32. The van der Waals surface area contributed by atoms with E-state index in [0.29, 0.717) is 5.69 Å². The van der Waals surface area contributed by atoms with Crippen LogP contribution in [0.2, 0.25) is 0 Å². The first kappa shape index (κ1) is 17.3. The minimum atomic E-state index is -2.68. The second-order valence-electron chi connectivity index (χ2n) is 5.14. The molecule has 0 aliphatic carbocycles. The number of hydrogen-bond donors (Lipinski definition) is 2. The summed E-state index contributed by atoms with van der Waals surface area (Å²) in [6, 6.07) is 14.2. The van der Waals surface area contributed by atoms with E-state index in [1.807, 2.05) is 18.2 Å². The molecule has 0 aromatic heterocycles. The number of nitrogens with one attached hydrogen (secondary N) is 1. The summed E-state index contributed by atoms with van der Waals surface area (Å²) in [6.07, 6.45) is 3.00. The summed E-state index contributed by atoms with van der Waals surface area (Å²) >= 11 is 2.33. The standard InChI is InChI=1S/C17H20INO2S/c1-2-3-5-15-6-4-7-16(17(15)19-22(20)21)14-10-8-13(12-18)9-11-14/h4,6-11,22H,2-3,5,12H2,1H3,(H,19,20,21). The molecule has 0 atom stereocenters. The average molecular weight is 429 g/mol. The number of anilines is 1. The van der Waals surface area contributed by atoms with Gasteiger partial charge in [0.15, 0.2) is 0 Å². The number of aryl methyl sites for hydroxylation is 1. The number of hydrogen-bond acceptors (Lipinski definition) is 2. The van der Waals surface area contributed by atoms with Crippen molar-refractivity contribution < 1.29 is 8.42 Å². The summed E-state index contributed by atoms with van der Waals surface area (Å²) in [5, 5.41) is 0. The highest BCUT2D eigenvalue weighted by atomic mass is 127. The smallest absolute Gasteiger partial charge is 0.222 e. The molecule has 118 valence electrons. The van der Waals surface area contributed by atoms with Crippen molar-refractivity contribution in [2.24, 2.45) is 0 Å². The maximum absolute atomic E-state index is 11.2. The van der Waals surface area contributed by atoms with Crippen LogP contribution in [-0.2, 0) is 21.7 Å². The van der Waals surface area contributed by atoms with Crippen LogP contribution in [0.4, 0.5) is 5.69 Å². The van der Waals surface area contributed by atoms with Crippen LogP contribution in [0.5, 0.6) is 0 Å². The molecule has 0 saturated carbocycles. The molecule has 2 aromatic carbocycles. The van der Waals surface area contributed by atoms with E-state index in [4.69, 9.17) is 0 Å². The van der Waals surface area contributed by atoms with Gasteiger partial charge in [0.25, 0.3) is 0 Å². The minimum absolute atomic E-state index is 0.717. The Bertz CT molecular complexity index is 688. The van der Waals surface area contributed by atoms with E-state index < -0.39 is 10.9 Å². The SMILES string of the molecule is CCCCc1cccc(-c2ccc(CI)cc2)c1N[SH](=O)=O. The van der Waals surface area contributed by atoms with Crippen molar-refractivity contribution in [1.29, 1.82) is 0 Å². The van der Waals surface area contributed by atoms with Gasteiger partial charge < -0.3 is 0 Å². The van der Waals surface area contributed by atoms with Crippen molar-refractivity contribution in [1.82, 2.24) is 0 Å². The molecule has 1 N–H and O–H groups in total. The van der Waals surface area contributed by atoms with E-state index >= 15 is 0 Å². The van der Waals surface area contributed by atoms with Crippen molar-refractivity contribution in [2.75, 3.05) is 4.72 Å². The third-order valence-corrected chi connectivity index (χ3v) is 4.86. The van der Waals surface area contributed by atoms with Gasteiger partial charge in [-0.2, -0.15) is 0 Å². The first-order chi connectivity index (χ1) is 10.7. The predicted octanol–water partition coefficient (Wildman–Crippen LogP) is 4.57. The Morgan fingerprint density at radius 3 is 2.41 bits per heavy atom. The Balaban J connectivity index is 2.47. The van der Waals surface area contributed by atoms with Crippen LogP contribution in [0.15, 0.2) is 42.5 Å². The normalized spacial score (nSPS) is 10.9. The topological polar surface area (TPSA) is 46.2 Å². The largest absolute Gasteiger partial charge is 0.285 e. The Kier molecular flexibility index (Phi) is 6.70. The Morgan fingerprint density at radius 1 is 1.09 bits per heavy atom. The number of rotatable bonds is 7. The molecule has 0 aliphatic heterocycles. The quantitative estimate of drug-likeness (QED) is 0.385. The molecule has 2 rings (SSSR count). The van der Waals surface area contributed by atoms with Gasteiger partial charge in [-0.1, -0.05) is 78.4 Å². The van der Waals surface area contributed by atoms with Crippen molar-refractivity contribution in [3.05, 3.63) is 53.6 Å². The van der Waals surface area contributed by atoms with Gasteiger partial charge in [0.2, 0.25) is 10.9 Å². The Hall–Kier alpha value is -1.08. The molecular weight excluding hydrogens is 409 g/mol. The first-order valence-electron chi connectivity index (χ1n) is 7.34. The van der Waals surface area contributed by atoms with Gasteiger partial charge in [0.1, 0.15) is 0 Å². The summed E-state index contributed by atoms with van der Waals surface area (Å²) in [4.78, 5) is 0. The zero-order valence-electron chi connectivity index (χ0n) is 12.5. The summed E-state index contributed by atoms with van der Waals surface area (Å²) in [6.45, 7) is 2.13.